The number of nitrogens with two attached hydrogens (primary N) is 1. The minimum atomic E-state index is -0.456. The molecule has 0 aliphatic rings. The molecule has 1 aromatic carbocycles. The Morgan fingerprint density at radius 2 is 2.17 bits per heavy atom. The van der Waals surface area contributed by atoms with Gasteiger partial charge in [-0.2, -0.15) is 0 Å². The van der Waals surface area contributed by atoms with Gasteiger partial charge in [0.1, 0.15) is 5.82 Å². The first-order valence-electron chi connectivity index (χ1n) is 5.48. The van der Waals surface area contributed by atoms with Crippen LogP contribution in [0.25, 0.3) is 11.4 Å². The molecule has 1 aromatic heterocycles. The molecule has 0 aliphatic heterocycles. The number of rotatable bonds is 3. The lowest BCUT2D eigenvalue weighted by atomic mass is 10.1. The highest BCUT2D eigenvalue weighted by atomic mass is 16.6. The molecule has 0 fully saturated rings. The highest BCUT2D eigenvalue weighted by Gasteiger charge is 2.16. The number of benzene rings is 1. The van der Waals surface area contributed by atoms with Crippen molar-refractivity contribution >= 4 is 11.4 Å². The number of hydrogen-bond acceptors (Lipinski definition) is 5. The Morgan fingerprint density at radius 1 is 1.44 bits per heavy atom. The molecular formula is C11H13N5O2. The zero-order chi connectivity index (χ0) is 13.3. The fourth-order valence-electron chi connectivity index (χ4n) is 1.81. The Morgan fingerprint density at radius 3 is 2.78 bits per heavy atom. The van der Waals surface area contributed by atoms with Crippen molar-refractivity contribution in [1.82, 2.24) is 14.8 Å². The van der Waals surface area contributed by atoms with E-state index >= 15 is 0 Å². The molecule has 2 N–H and O–H groups in total. The van der Waals surface area contributed by atoms with Crippen LogP contribution in [0.2, 0.25) is 0 Å². The van der Waals surface area contributed by atoms with E-state index in [2.05, 4.69) is 10.2 Å². The summed E-state index contributed by atoms with van der Waals surface area (Å²) in [6.07, 6.45) is 0. The first-order chi connectivity index (χ1) is 8.54. The molecule has 0 radical (unpaired) electrons. The van der Waals surface area contributed by atoms with Gasteiger partial charge in [0.15, 0.2) is 5.82 Å². The van der Waals surface area contributed by atoms with Crippen molar-refractivity contribution in [1.29, 1.82) is 0 Å². The Bertz CT molecular complexity index is 605. The topological polar surface area (TPSA) is 99.9 Å². The lowest BCUT2D eigenvalue weighted by molar-refractivity contribution is -0.384. The number of aryl methyl sites for hydroxylation is 1. The number of non-ortho nitro benzene ring substituents is 1. The molecular weight excluding hydrogens is 234 g/mol. The molecule has 7 heteroatoms. The van der Waals surface area contributed by atoms with Crippen LogP contribution in [0.4, 0.5) is 11.4 Å². The zero-order valence-electron chi connectivity index (χ0n) is 10.1. The Balaban J connectivity index is 2.62. The van der Waals surface area contributed by atoms with E-state index in [9.17, 15) is 10.1 Å². The van der Waals surface area contributed by atoms with Crippen molar-refractivity contribution in [2.45, 2.75) is 20.4 Å². The van der Waals surface area contributed by atoms with E-state index in [-0.39, 0.29) is 5.69 Å². The second-order valence-corrected chi connectivity index (χ2v) is 3.84. The van der Waals surface area contributed by atoms with E-state index < -0.39 is 4.92 Å². The summed E-state index contributed by atoms with van der Waals surface area (Å²) in [6, 6.07) is 4.31. The van der Waals surface area contributed by atoms with Crippen LogP contribution in [0.3, 0.4) is 0 Å². The third-order valence-corrected chi connectivity index (χ3v) is 2.74. The largest absolute Gasteiger partial charge is 0.398 e. The summed E-state index contributed by atoms with van der Waals surface area (Å²) < 4.78 is 1.86. The molecule has 1 heterocycles. The molecule has 0 unspecified atom stereocenters. The second-order valence-electron chi connectivity index (χ2n) is 3.84. The van der Waals surface area contributed by atoms with Gasteiger partial charge in [-0.1, -0.05) is 0 Å². The van der Waals surface area contributed by atoms with Crippen LogP contribution in [0.5, 0.6) is 0 Å². The number of nitrogen functional groups attached to an aromatic ring is 1. The summed E-state index contributed by atoms with van der Waals surface area (Å²) in [4.78, 5) is 10.3. The lowest BCUT2D eigenvalue weighted by Crippen LogP contribution is -2.02. The fraction of sp³-hybridized carbons (Fsp3) is 0.273. The van der Waals surface area contributed by atoms with Crippen molar-refractivity contribution < 1.29 is 4.92 Å². The first-order valence-corrected chi connectivity index (χ1v) is 5.48. The van der Waals surface area contributed by atoms with Gasteiger partial charge in [-0.3, -0.25) is 10.1 Å². The van der Waals surface area contributed by atoms with E-state index in [1.54, 1.807) is 0 Å². The van der Waals surface area contributed by atoms with E-state index in [0.717, 1.165) is 5.82 Å². The van der Waals surface area contributed by atoms with Crippen LogP contribution < -0.4 is 5.73 Å². The van der Waals surface area contributed by atoms with Crippen LogP contribution in [-0.4, -0.2) is 19.7 Å². The van der Waals surface area contributed by atoms with Crippen molar-refractivity contribution in [3.8, 4) is 11.4 Å². The Labute approximate surface area is 103 Å². The van der Waals surface area contributed by atoms with E-state index in [4.69, 9.17) is 5.73 Å². The standard InChI is InChI=1S/C11H13N5O2/c1-3-15-7(2)13-14-11(15)9-6-8(16(17)18)4-5-10(9)12/h4-6H,3,12H2,1-2H3. The maximum atomic E-state index is 10.8. The zero-order valence-corrected chi connectivity index (χ0v) is 10.1. The van der Waals surface area contributed by atoms with Crippen molar-refractivity contribution in [2.75, 3.05) is 5.73 Å². The van der Waals surface area contributed by atoms with Gasteiger partial charge in [0.2, 0.25) is 0 Å². The second kappa shape index (κ2) is 4.44. The SMILES string of the molecule is CCn1c(C)nnc1-c1cc([N+](=O)[O-])ccc1N. The molecule has 0 amide bonds. The number of nitro benzene ring substituents is 1. The third kappa shape index (κ3) is 1.90. The molecule has 7 nitrogen and oxygen atoms in total. The molecule has 18 heavy (non-hydrogen) atoms. The van der Waals surface area contributed by atoms with Gasteiger partial charge in [-0.15, -0.1) is 10.2 Å². The van der Waals surface area contributed by atoms with Crippen molar-refractivity contribution in [3.63, 3.8) is 0 Å². The van der Waals surface area contributed by atoms with Crippen molar-refractivity contribution in [3.05, 3.63) is 34.1 Å². The highest BCUT2D eigenvalue weighted by molar-refractivity contribution is 5.74. The lowest BCUT2D eigenvalue weighted by Gasteiger charge is -2.07. The van der Waals surface area contributed by atoms with Crippen LogP contribution in [-0.2, 0) is 6.54 Å². The molecule has 0 saturated carbocycles. The van der Waals surface area contributed by atoms with E-state index in [0.29, 0.717) is 23.6 Å². The maximum Gasteiger partial charge on any atom is 0.270 e. The number of hydrogen-bond donors (Lipinski definition) is 1. The monoisotopic (exact) mass is 247 g/mol. The summed E-state index contributed by atoms with van der Waals surface area (Å²) in [6.45, 7) is 4.46. The van der Waals surface area contributed by atoms with Crippen molar-refractivity contribution in [2.24, 2.45) is 0 Å². The van der Waals surface area contributed by atoms with Crippen LogP contribution in [0.1, 0.15) is 12.7 Å². The third-order valence-electron chi connectivity index (χ3n) is 2.74. The van der Waals surface area contributed by atoms with E-state index in [1.165, 1.54) is 18.2 Å². The average molecular weight is 247 g/mol. The summed E-state index contributed by atoms with van der Waals surface area (Å²) in [5.41, 5.74) is 6.82. The van der Waals surface area contributed by atoms with Gasteiger partial charge in [0.25, 0.3) is 5.69 Å². The molecule has 94 valence electrons. The molecule has 0 aliphatic carbocycles. The molecule has 0 bridgehead atoms. The molecule has 2 rings (SSSR count). The van der Waals surface area contributed by atoms with Gasteiger partial charge in [-0.05, 0) is 19.9 Å². The maximum absolute atomic E-state index is 10.8. The van der Waals surface area contributed by atoms with Gasteiger partial charge in [0.05, 0.1) is 4.92 Å². The van der Waals surface area contributed by atoms with Gasteiger partial charge in [0, 0.05) is 29.9 Å². The summed E-state index contributed by atoms with van der Waals surface area (Å²) >= 11 is 0. The molecule has 0 atom stereocenters. The predicted molar refractivity (Wildman–Crippen MR) is 66.9 cm³/mol. The summed E-state index contributed by atoms with van der Waals surface area (Å²) in [5, 5.41) is 18.8. The highest BCUT2D eigenvalue weighted by Crippen LogP contribution is 2.28. The van der Waals surface area contributed by atoms with Gasteiger partial charge >= 0.3 is 0 Å². The van der Waals surface area contributed by atoms with Crippen LogP contribution >= 0.6 is 0 Å². The Hall–Kier alpha value is -2.44. The Kier molecular flexibility index (Phi) is 2.97. The number of nitrogens with zero attached hydrogens (tertiary/aromatic N) is 4. The quantitative estimate of drug-likeness (QED) is 0.506. The molecule has 2 aromatic rings. The predicted octanol–water partition coefficient (Wildman–Crippen LogP) is 1.76. The fourth-order valence-corrected chi connectivity index (χ4v) is 1.81. The first kappa shape index (κ1) is 12.0. The molecule has 0 spiro atoms. The number of nitro groups is 1. The smallest absolute Gasteiger partial charge is 0.270 e. The molecule has 0 saturated heterocycles. The average Bonchev–Trinajstić information content (AvgIpc) is 2.70. The van der Waals surface area contributed by atoms with Gasteiger partial charge in [-0.25, -0.2) is 0 Å². The number of aromatic nitrogens is 3. The minimum absolute atomic E-state index is 0.0116. The summed E-state index contributed by atoms with van der Waals surface area (Å²) in [5.74, 6) is 1.30. The normalized spacial score (nSPS) is 10.6. The van der Waals surface area contributed by atoms with Crippen LogP contribution in [0.15, 0.2) is 18.2 Å². The van der Waals surface area contributed by atoms with Crippen LogP contribution in [0, 0.1) is 17.0 Å². The minimum Gasteiger partial charge on any atom is -0.398 e. The summed E-state index contributed by atoms with van der Waals surface area (Å²) in [7, 11) is 0. The number of anilines is 1. The van der Waals surface area contributed by atoms with E-state index in [1.807, 2.05) is 18.4 Å². The van der Waals surface area contributed by atoms with Gasteiger partial charge < -0.3 is 10.3 Å².